The van der Waals surface area contributed by atoms with Crippen LogP contribution in [-0.2, 0) is 0 Å². The van der Waals surface area contributed by atoms with E-state index in [-0.39, 0.29) is 11.6 Å². The molecule has 0 aliphatic carbocycles. The van der Waals surface area contributed by atoms with E-state index in [1.165, 1.54) is 6.07 Å². The number of aromatic amines is 1. The van der Waals surface area contributed by atoms with Crippen molar-refractivity contribution in [1.82, 2.24) is 4.98 Å². The number of halogens is 1. The van der Waals surface area contributed by atoms with E-state index in [1.807, 2.05) is 0 Å². The molecule has 1 aromatic heterocycles. The molecule has 2 aromatic carbocycles. The van der Waals surface area contributed by atoms with Crippen molar-refractivity contribution in [2.45, 2.75) is 6.10 Å². The van der Waals surface area contributed by atoms with Gasteiger partial charge in [0.15, 0.2) is 0 Å². The summed E-state index contributed by atoms with van der Waals surface area (Å²) in [5, 5.41) is 22.8. The number of nitrogen functional groups attached to an aromatic ring is 1. The molecule has 1 unspecified atom stereocenters. The number of aliphatic hydroxyl groups is 2. The number of rotatable bonds is 4. The van der Waals surface area contributed by atoms with Crippen LogP contribution < -0.4 is 11.1 Å². The third-order valence-corrected chi connectivity index (χ3v) is 3.94. The number of aromatic nitrogens is 1. The predicted molar refractivity (Wildman–Crippen MR) is 94.2 cm³/mol. The lowest BCUT2D eigenvalue weighted by molar-refractivity contribution is 0.0962. The number of carbonyl (C=O) groups is 1. The normalized spacial score (nSPS) is 12.3. The predicted octanol–water partition coefficient (Wildman–Crippen LogP) is 2.68. The van der Waals surface area contributed by atoms with Gasteiger partial charge in [0.25, 0.3) is 5.91 Å². The first-order valence-corrected chi connectivity index (χ1v) is 7.63. The van der Waals surface area contributed by atoms with Gasteiger partial charge in [-0.2, -0.15) is 0 Å². The van der Waals surface area contributed by atoms with Gasteiger partial charge < -0.3 is 26.2 Å². The molecule has 0 aliphatic rings. The first-order chi connectivity index (χ1) is 11.5. The lowest BCUT2D eigenvalue weighted by Crippen LogP contribution is -2.13. The Balaban J connectivity index is 1.82. The van der Waals surface area contributed by atoms with Gasteiger partial charge in [0, 0.05) is 32.9 Å². The summed E-state index contributed by atoms with van der Waals surface area (Å²) in [6.07, 6.45) is -1.05. The van der Waals surface area contributed by atoms with Crippen molar-refractivity contribution < 1.29 is 15.0 Å². The van der Waals surface area contributed by atoms with Gasteiger partial charge in [-0.05, 0) is 36.4 Å². The smallest absolute Gasteiger partial charge is 0.272 e. The molecule has 0 spiro atoms. The molecule has 0 aliphatic heterocycles. The number of fused-ring (bicyclic) bond motifs is 1. The Morgan fingerprint density at radius 2 is 2.04 bits per heavy atom. The molecule has 124 valence electrons. The van der Waals surface area contributed by atoms with E-state index in [2.05, 4.69) is 10.3 Å². The number of nitrogens with two attached hydrogens (primary N) is 1. The van der Waals surface area contributed by atoms with Gasteiger partial charge in [-0.15, -0.1) is 0 Å². The fourth-order valence-electron chi connectivity index (χ4n) is 2.48. The number of hydrogen-bond acceptors (Lipinski definition) is 4. The number of anilines is 2. The maximum Gasteiger partial charge on any atom is 0.272 e. The number of amides is 1. The molecule has 7 heteroatoms. The number of nitrogens with one attached hydrogen (secondary N) is 2. The van der Waals surface area contributed by atoms with Crippen LogP contribution in [-0.4, -0.2) is 27.7 Å². The van der Waals surface area contributed by atoms with Crippen molar-refractivity contribution >= 4 is 39.8 Å². The average molecular weight is 346 g/mol. The Bertz CT molecular complexity index is 907. The highest BCUT2D eigenvalue weighted by molar-refractivity contribution is 6.31. The summed E-state index contributed by atoms with van der Waals surface area (Å²) in [6.45, 7) is -0.423. The van der Waals surface area contributed by atoms with Crippen molar-refractivity contribution in [2.75, 3.05) is 17.7 Å². The Kier molecular flexibility index (Phi) is 4.44. The van der Waals surface area contributed by atoms with Crippen LogP contribution in [0.2, 0.25) is 5.02 Å². The van der Waals surface area contributed by atoms with Crippen molar-refractivity contribution in [3.63, 3.8) is 0 Å². The van der Waals surface area contributed by atoms with E-state index in [0.29, 0.717) is 22.0 Å². The highest BCUT2D eigenvalue weighted by Gasteiger charge is 2.13. The summed E-state index contributed by atoms with van der Waals surface area (Å²) in [5.74, 6) is -0.322. The first kappa shape index (κ1) is 16.3. The molecule has 24 heavy (non-hydrogen) atoms. The molecule has 3 aromatic rings. The molecular weight excluding hydrogens is 330 g/mol. The van der Waals surface area contributed by atoms with Crippen LogP contribution in [0.5, 0.6) is 0 Å². The molecule has 0 fully saturated rings. The first-order valence-electron chi connectivity index (χ1n) is 7.26. The van der Waals surface area contributed by atoms with Gasteiger partial charge in [-0.25, -0.2) is 0 Å². The zero-order chi connectivity index (χ0) is 17.3. The van der Waals surface area contributed by atoms with E-state index < -0.39 is 12.7 Å². The quantitative estimate of drug-likeness (QED) is 0.468. The highest BCUT2D eigenvalue weighted by atomic mass is 35.5. The van der Waals surface area contributed by atoms with Gasteiger partial charge in [-0.3, -0.25) is 4.79 Å². The molecule has 6 nitrogen and oxygen atoms in total. The Labute approximate surface area is 142 Å². The Morgan fingerprint density at radius 1 is 1.25 bits per heavy atom. The van der Waals surface area contributed by atoms with Crippen LogP contribution in [0.4, 0.5) is 11.4 Å². The number of benzene rings is 2. The number of aliphatic hydroxyl groups excluding tert-OH is 2. The second-order valence-electron chi connectivity index (χ2n) is 5.41. The van der Waals surface area contributed by atoms with Crippen molar-refractivity contribution in [3.8, 4) is 0 Å². The minimum atomic E-state index is -1.05. The molecule has 3 rings (SSSR count). The summed E-state index contributed by atoms with van der Waals surface area (Å²) in [6, 6.07) is 11.7. The van der Waals surface area contributed by atoms with E-state index in [1.54, 1.807) is 36.4 Å². The molecule has 1 heterocycles. The maximum absolute atomic E-state index is 12.3. The largest absolute Gasteiger partial charge is 0.398 e. The highest BCUT2D eigenvalue weighted by Crippen LogP contribution is 2.25. The van der Waals surface area contributed by atoms with E-state index >= 15 is 0 Å². The SMILES string of the molecule is Nc1cc(NC(=O)c2cc3cc(Cl)ccc3[nH]2)ccc1C(O)CO. The Hall–Kier alpha value is -2.54. The molecular formula is C17H16ClN3O3. The summed E-state index contributed by atoms with van der Waals surface area (Å²) < 4.78 is 0. The second kappa shape index (κ2) is 6.52. The van der Waals surface area contributed by atoms with Crippen LogP contribution in [0, 0.1) is 0 Å². The standard InChI is InChI=1S/C17H16ClN3O3/c18-10-1-4-14-9(5-10)6-15(21-14)17(24)20-11-2-3-12(13(19)7-11)16(23)8-22/h1-7,16,21-23H,8,19H2,(H,20,24). The number of hydrogen-bond donors (Lipinski definition) is 5. The summed E-state index contributed by atoms with van der Waals surface area (Å²) >= 11 is 5.94. The Morgan fingerprint density at radius 3 is 2.75 bits per heavy atom. The van der Waals surface area contributed by atoms with Crippen LogP contribution in [0.1, 0.15) is 22.2 Å². The number of H-pyrrole nitrogens is 1. The van der Waals surface area contributed by atoms with Gasteiger partial charge in [0.05, 0.1) is 6.61 Å². The van der Waals surface area contributed by atoms with E-state index in [4.69, 9.17) is 22.4 Å². The zero-order valence-electron chi connectivity index (χ0n) is 12.6. The molecule has 1 atom stereocenters. The van der Waals surface area contributed by atoms with Crippen molar-refractivity contribution in [1.29, 1.82) is 0 Å². The summed E-state index contributed by atoms with van der Waals surface area (Å²) in [5.41, 5.74) is 8.24. The minimum Gasteiger partial charge on any atom is -0.398 e. The fourth-order valence-corrected chi connectivity index (χ4v) is 2.66. The fraction of sp³-hybridized carbons (Fsp3) is 0.118. The monoisotopic (exact) mass is 345 g/mol. The van der Waals surface area contributed by atoms with Crippen LogP contribution in [0.25, 0.3) is 10.9 Å². The summed E-state index contributed by atoms with van der Waals surface area (Å²) in [4.78, 5) is 15.4. The molecule has 1 amide bonds. The maximum atomic E-state index is 12.3. The van der Waals surface area contributed by atoms with E-state index in [9.17, 15) is 9.90 Å². The lowest BCUT2D eigenvalue weighted by atomic mass is 10.1. The summed E-state index contributed by atoms with van der Waals surface area (Å²) in [7, 11) is 0. The number of carbonyl (C=O) groups excluding carboxylic acids is 1. The molecule has 0 saturated carbocycles. The molecule has 0 bridgehead atoms. The third-order valence-electron chi connectivity index (χ3n) is 3.70. The van der Waals surface area contributed by atoms with Gasteiger partial charge in [0.2, 0.25) is 0 Å². The van der Waals surface area contributed by atoms with Gasteiger partial charge >= 0.3 is 0 Å². The van der Waals surface area contributed by atoms with Crippen LogP contribution in [0.15, 0.2) is 42.5 Å². The molecule has 6 N–H and O–H groups in total. The zero-order valence-corrected chi connectivity index (χ0v) is 13.3. The topological polar surface area (TPSA) is 111 Å². The third kappa shape index (κ3) is 3.21. The van der Waals surface area contributed by atoms with Crippen LogP contribution in [0.3, 0.4) is 0 Å². The van der Waals surface area contributed by atoms with Crippen molar-refractivity contribution in [2.24, 2.45) is 0 Å². The lowest BCUT2D eigenvalue weighted by Gasteiger charge is -2.12. The molecule has 0 saturated heterocycles. The minimum absolute atomic E-state index is 0.290. The average Bonchev–Trinajstić information content (AvgIpc) is 2.97. The van der Waals surface area contributed by atoms with E-state index in [0.717, 1.165) is 10.9 Å². The van der Waals surface area contributed by atoms with Crippen molar-refractivity contribution in [3.05, 3.63) is 58.7 Å². The van der Waals surface area contributed by atoms with Gasteiger partial charge in [-0.1, -0.05) is 17.7 Å². The van der Waals surface area contributed by atoms with Gasteiger partial charge in [0.1, 0.15) is 11.8 Å². The van der Waals surface area contributed by atoms with Crippen LogP contribution >= 0.6 is 11.6 Å². The molecule has 0 radical (unpaired) electrons. The second-order valence-corrected chi connectivity index (χ2v) is 5.85.